The van der Waals surface area contributed by atoms with E-state index in [0.29, 0.717) is 31.0 Å². The van der Waals surface area contributed by atoms with Crippen LogP contribution in [0.25, 0.3) is 0 Å². The van der Waals surface area contributed by atoms with Gasteiger partial charge in [-0.25, -0.2) is 4.68 Å². The molecular formula is C20H32N6O3. The van der Waals surface area contributed by atoms with E-state index >= 15 is 0 Å². The Morgan fingerprint density at radius 2 is 1.83 bits per heavy atom. The van der Waals surface area contributed by atoms with Gasteiger partial charge >= 0.3 is 11.8 Å². The summed E-state index contributed by atoms with van der Waals surface area (Å²) in [6.45, 7) is 9.22. The van der Waals surface area contributed by atoms with Gasteiger partial charge in [0.25, 0.3) is 0 Å². The fourth-order valence-corrected chi connectivity index (χ4v) is 3.77. The molecule has 0 radical (unpaired) electrons. The van der Waals surface area contributed by atoms with E-state index in [2.05, 4.69) is 41.8 Å². The van der Waals surface area contributed by atoms with Crippen molar-refractivity contribution in [3.05, 3.63) is 11.8 Å². The van der Waals surface area contributed by atoms with Crippen LogP contribution in [0.5, 0.6) is 0 Å². The van der Waals surface area contributed by atoms with Crippen molar-refractivity contribution in [1.82, 2.24) is 25.3 Å². The second-order valence-electron chi connectivity index (χ2n) is 9.04. The number of nitrogens with one attached hydrogen (secondary N) is 3. The number of rotatable bonds is 2. The number of hydrogen-bond acceptors (Lipinski definition) is 5. The van der Waals surface area contributed by atoms with E-state index in [1.54, 1.807) is 17.9 Å². The molecule has 3 amide bonds. The second kappa shape index (κ2) is 8.52. The Morgan fingerprint density at radius 1 is 1.17 bits per heavy atom. The average Bonchev–Trinajstić information content (AvgIpc) is 2.84. The molecule has 3 rings (SSSR count). The molecule has 2 aliphatic rings. The van der Waals surface area contributed by atoms with Gasteiger partial charge in [0.1, 0.15) is 5.82 Å². The lowest BCUT2D eigenvalue weighted by Crippen LogP contribution is -2.57. The second-order valence-corrected chi connectivity index (χ2v) is 9.04. The van der Waals surface area contributed by atoms with Crippen molar-refractivity contribution in [2.24, 2.45) is 5.41 Å². The molecule has 2 saturated heterocycles. The highest BCUT2D eigenvalue weighted by molar-refractivity contribution is 6.39. The fourth-order valence-electron chi connectivity index (χ4n) is 3.77. The molecule has 0 bridgehead atoms. The summed E-state index contributed by atoms with van der Waals surface area (Å²) in [4.78, 5) is 39.1. The Balaban J connectivity index is 1.75. The Bertz CT molecular complexity index is 774. The molecule has 0 saturated carbocycles. The standard InChI is InChI=1S/C20H32N6O3/c1-13-11-15(22-17(28)18(29)25-9-7-5-6-8-10-25)26(24-13)19-21-14(20(2,3)4)12-16(27)23-19/h11,14,19,21H,5-10,12H2,1-4H3,(H,22,28)(H,23,27). The van der Waals surface area contributed by atoms with Gasteiger partial charge in [0.05, 0.1) is 5.69 Å². The predicted octanol–water partition coefficient (Wildman–Crippen LogP) is 1.51. The van der Waals surface area contributed by atoms with E-state index in [0.717, 1.165) is 25.7 Å². The van der Waals surface area contributed by atoms with Crippen LogP contribution in [-0.2, 0) is 14.4 Å². The summed E-state index contributed by atoms with van der Waals surface area (Å²) < 4.78 is 1.53. The first-order valence-electron chi connectivity index (χ1n) is 10.4. The molecule has 0 aliphatic carbocycles. The SMILES string of the molecule is Cc1cc(NC(=O)C(=O)N2CCCCCC2)n(C2NC(=O)CC(C(C)(C)C)N2)n1. The first kappa shape index (κ1) is 21.3. The Morgan fingerprint density at radius 3 is 2.45 bits per heavy atom. The quantitative estimate of drug-likeness (QED) is 0.648. The van der Waals surface area contributed by atoms with Crippen LogP contribution in [0.4, 0.5) is 5.82 Å². The van der Waals surface area contributed by atoms with Crippen LogP contribution < -0.4 is 16.0 Å². The summed E-state index contributed by atoms with van der Waals surface area (Å²) in [7, 11) is 0. The third kappa shape index (κ3) is 5.14. The predicted molar refractivity (Wildman–Crippen MR) is 109 cm³/mol. The van der Waals surface area contributed by atoms with E-state index in [-0.39, 0.29) is 17.4 Å². The van der Waals surface area contributed by atoms with Crippen LogP contribution in [0.1, 0.15) is 64.9 Å². The molecule has 3 heterocycles. The molecule has 2 fully saturated rings. The van der Waals surface area contributed by atoms with Crippen molar-refractivity contribution in [3.8, 4) is 0 Å². The molecule has 3 N–H and O–H groups in total. The smallest absolute Gasteiger partial charge is 0.315 e. The molecule has 9 nitrogen and oxygen atoms in total. The highest BCUT2D eigenvalue weighted by Gasteiger charge is 2.35. The van der Waals surface area contributed by atoms with Crippen molar-refractivity contribution >= 4 is 23.5 Å². The normalized spacial score (nSPS) is 23.3. The zero-order chi connectivity index (χ0) is 21.2. The van der Waals surface area contributed by atoms with E-state index in [4.69, 9.17) is 0 Å². The fraction of sp³-hybridized carbons (Fsp3) is 0.700. The maximum absolute atomic E-state index is 12.6. The van der Waals surface area contributed by atoms with Crippen LogP contribution in [-0.4, -0.2) is 51.5 Å². The van der Waals surface area contributed by atoms with Crippen LogP contribution in [0.2, 0.25) is 0 Å². The number of carbonyl (C=O) groups is 3. The third-order valence-corrected chi connectivity index (χ3v) is 5.52. The van der Waals surface area contributed by atoms with Crippen molar-refractivity contribution in [3.63, 3.8) is 0 Å². The number of aromatic nitrogens is 2. The molecule has 0 spiro atoms. The minimum Gasteiger partial charge on any atom is -0.334 e. The first-order valence-corrected chi connectivity index (χ1v) is 10.4. The lowest BCUT2D eigenvalue weighted by Gasteiger charge is -2.39. The lowest BCUT2D eigenvalue weighted by molar-refractivity contribution is -0.143. The largest absolute Gasteiger partial charge is 0.334 e. The van der Waals surface area contributed by atoms with Crippen molar-refractivity contribution < 1.29 is 14.4 Å². The number of aryl methyl sites for hydroxylation is 1. The molecule has 9 heteroatoms. The summed E-state index contributed by atoms with van der Waals surface area (Å²) in [6, 6.07) is 1.65. The average molecular weight is 405 g/mol. The van der Waals surface area contributed by atoms with Crippen LogP contribution in [0, 0.1) is 12.3 Å². The van der Waals surface area contributed by atoms with Gasteiger partial charge < -0.3 is 15.5 Å². The van der Waals surface area contributed by atoms with Gasteiger partial charge in [-0.1, -0.05) is 33.6 Å². The van der Waals surface area contributed by atoms with Crippen molar-refractivity contribution in [1.29, 1.82) is 0 Å². The summed E-state index contributed by atoms with van der Waals surface area (Å²) in [6.07, 6.45) is 3.77. The van der Waals surface area contributed by atoms with Gasteiger partial charge in [-0.05, 0) is 25.2 Å². The molecule has 29 heavy (non-hydrogen) atoms. The number of likely N-dealkylation sites (tertiary alicyclic amines) is 1. The van der Waals surface area contributed by atoms with Gasteiger partial charge in [0.2, 0.25) is 5.91 Å². The number of carbonyl (C=O) groups excluding carboxylic acids is 3. The molecule has 2 unspecified atom stereocenters. The van der Waals surface area contributed by atoms with Crippen LogP contribution >= 0.6 is 0 Å². The van der Waals surface area contributed by atoms with Gasteiger partial charge in [-0.2, -0.15) is 5.10 Å². The summed E-state index contributed by atoms with van der Waals surface area (Å²) in [5, 5.41) is 13.4. The van der Waals surface area contributed by atoms with Gasteiger partial charge in [0, 0.05) is 31.6 Å². The monoisotopic (exact) mass is 404 g/mol. The molecule has 160 valence electrons. The number of nitrogens with zero attached hydrogens (tertiary/aromatic N) is 3. The highest BCUT2D eigenvalue weighted by Crippen LogP contribution is 2.27. The minimum atomic E-state index is -0.678. The lowest BCUT2D eigenvalue weighted by atomic mass is 9.84. The van der Waals surface area contributed by atoms with Crippen LogP contribution in [0.3, 0.4) is 0 Å². The maximum Gasteiger partial charge on any atom is 0.315 e. The summed E-state index contributed by atoms with van der Waals surface area (Å²) in [5.41, 5.74) is 0.557. The molecular weight excluding hydrogens is 372 g/mol. The molecule has 2 atom stereocenters. The van der Waals surface area contributed by atoms with E-state index < -0.39 is 18.1 Å². The van der Waals surface area contributed by atoms with Gasteiger partial charge in [0.15, 0.2) is 6.29 Å². The number of hydrogen-bond donors (Lipinski definition) is 3. The Kier molecular flexibility index (Phi) is 6.26. The number of anilines is 1. The van der Waals surface area contributed by atoms with Gasteiger partial charge in [-0.15, -0.1) is 0 Å². The topological polar surface area (TPSA) is 108 Å². The maximum atomic E-state index is 12.6. The van der Waals surface area contributed by atoms with E-state index in [9.17, 15) is 14.4 Å². The van der Waals surface area contributed by atoms with Crippen molar-refractivity contribution in [2.45, 2.75) is 72.1 Å². The Labute approximate surface area is 171 Å². The first-order chi connectivity index (χ1) is 13.6. The molecule has 0 aromatic carbocycles. The van der Waals surface area contributed by atoms with Crippen molar-refractivity contribution in [2.75, 3.05) is 18.4 Å². The molecule has 1 aromatic heterocycles. The Hall–Kier alpha value is -2.42. The highest BCUT2D eigenvalue weighted by atomic mass is 16.2. The third-order valence-electron chi connectivity index (χ3n) is 5.52. The van der Waals surface area contributed by atoms with E-state index in [1.165, 1.54) is 4.68 Å². The summed E-state index contributed by atoms with van der Waals surface area (Å²) >= 11 is 0. The van der Waals surface area contributed by atoms with Gasteiger partial charge in [-0.3, -0.25) is 19.7 Å². The molecule has 2 aliphatic heterocycles. The van der Waals surface area contributed by atoms with E-state index in [1.807, 2.05) is 0 Å². The zero-order valence-corrected chi connectivity index (χ0v) is 17.7. The summed E-state index contributed by atoms with van der Waals surface area (Å²) in [5.74, 6) is -0.907. The number of amides is 3. The molecule has 1 aromatic rings. The minimum absolute atomic E-state index is 0.0481. The zero-order valence-electron chi connectivity index (χ0n) is 17.7. The van der Waals surface area contributed by atoms with Crippen LogP contribution in [0.15, 0.2) is 6.07 Å².